The highest BCUT2D eigenvalue weighted by Crippen LogP contribution is 2.39. The Kier molecular flexibility index (Phi) is 3.89. The molecule has 2 N–H and O–H groups in total. The zero-order valence-corrected chi connectivity index (χ0v) is 13.1. The van der Waals surface area contributed by atoms with Crippen LogP contribution in [0, 0.1) is 0 Å². The number of nitrogens with two attached hydrogens (primary N) is 1. The number of nitrogens with zero attached hydrogens (tertiary/aromatic N) is 1. The fourth-order valence-corrected chi connectivity index (χ4v) is 3.98. The molecule has 1 heterocycles. The summed E-state index contributed by atoms with van der Waals surface area (Å²) in [5, 5.41) is 2.08. The molecule has 19 heavy (non-hydrogen) atoms. The van der Waals surface area contributed by atoms with Crippen LogP contribution in [-0.2, 0) is 0 Å². The van der Waals surface area contributed by atoms with Gasteiger partial charge in [0.15, 0.2) is 0 Å². The second-order valence-corrected chi connectivity index (χ2v) is 7.08. The number of thiazole rings is 1. The fourth-order valence-electron chi connectivity index (χ4n) is 2.69. The summed E-state index contributed by atoms with van der Waals surface area (Å²) in [5.41, 5.74) is 8.23. The number of aromatic nitrogens is 1. The van der Waals surface area contributed by atoms with Gasteiger partial charge in [0.05, 0.1) is 5.01 Å². The molecule has 2 nitrogen and oxygen atoms in total. The monoisotopic (exact) mass is 336 g/mol. The molecule has 1 saturated carbocycles. The lowest BCUT2D eigenvalue weighted by molar-refractivity contribution is 0.442. The lowest BCUT2D eigenvalue weighted by Crippen LogP contribution is -2.03. The summed E-state index contributed by atoms with van der Waals surface area (Å²) < 4.78 is 1.08. The Labute approximate surface area is 126 Å². The third kappa shape index (κ3) is 2.84. The number of benzene rings is 1. The summed E-state index contributed by atoms with van der Waals surface area (Å²) in [7, 11) is 0. The highest BCUT2D eigenvalue weighted by molar-refractivity contribution is 9.10. The van der Waals surface area contributed by atoms with Crippen LogP contribution < -0.4 is 5.73 Å². The Bertz CT molecular complexity index is 556. The Morgan fingerprint density at radius 3 is 2.47 bits per heavy atom. The maximum absolute atomic E-state index is 6.16. The molecule has 1 fully saturated rings. The number of rotatable bonds is 2. The van der Waals surface area contributed by atoms with Gasteiger partial charge < -0.3 is 5.73 Å². The van der Waals surface area contributed by atoms with E-state index in [2.05, 4.69) is 28.1 Å². The van der Waals surface area contributed by atoms with Crippen LogP contribution in [-0.4, -0.2) is 4.98 Å². The fraction of sp³-hybridized carbons (Fsp3) is 0.400. The van der Waals surface area contributed by atoms with Crippen molar-refractivity contribution in [3.05, 3.63) is 33.7 Å². The van der Waals surface area contributed by atoms with Crippen molar-refractivity contribution >= 4 is 32.3 Å². The van der Waals surface area contributed by atoms with Crippen molar-refractivity contribution in [1.29, 1.82) is 0 Å². The van der Waals surface area contributed by atoms with Crippen molar-refractivity contribution in [2.75, 3.05) is 5.73 Å². The van der Waals surface area contributed by atoms with Crippen LogP contribution in [0.3, 0.4) is 0 Å². The van der Waals surface area contributed by atoms with E-state index in [1.165, 1.54) is 37.1 Å². The standard InChI is InChI=1S/C15H17BrN2S/c16-12-8-6-10(7-9-12)13-14(17)19-15(18-13)11-4-2-1-3-5-11/h6-9,11H,1-5,17H2. The SMILES string of the molecule is Nc1sc(C2CCCCC2)nc1-c1ccc(Br)cc1. The predicted octanol–water partition coefficient (Wildman–Crippen LogP) is 5.20. The van der Waals surface area contributed by atoms with Crippen LogP contribution in [0.5, 0.6) is 0 Å². The summed E-state index contributed by atoms with van der Waals surface area (Å²) in [6.45, 7) is 0. The second kappa shape index (κ2) is 5.63. The number of nitrogen functional groups attached to an aromatic ring is 1. The van der Waals surface area contributed by atoms with E-state index in [4.69, 9.17) is 10.7 Å². The van der Waals surface area contributed by atoms with E-state index in [9.17, 15) is 0 Å². The van der Waals surface area contributed by atoms with Crippen molar-refractivity contribution < 1.29 is 0 Å². The Balaban J connectivity index is 1.90. The molecule has 4 heteroatoms. The van der Waals surface area contributed by atoms with Gasteiger partial charge in [0.25, 0.3) is 0 Å². The Morgan fingerprint density at radius 2 is 1.79 bits per heavy atom. The maximum atomic E-state index is 6.16. The molecule has 100 valence electrons. The molecule has 0 saturated heterocycles. The van der Waals surface area contributed by atoms with Gasteiger partial charge in [0.1, 0.15) is 10.7 Å². The molecule has 3 rings (SSSR count). The zero-order chi connectivity index (χ0) is 13.2. The van der Waals surface area contributed by atoms with Crippen LogP contribution in [0.25, 0.3) is 11.3 Å². The van der Waals surface area contributed by atoms with E-state index in [-0.39, 0.29) is 0 Å². The summed E-state index contributed by atoms with van der Waals surface area (Å²) in [5.74, 6) is 0.630. The van der Waals surface area contributed by atoms with Crippen LogP contribution in [0.2, 0.25) is 0 Å². The quantitative estimate of drug-likeness (QED) is 0.818. The van der Waals surface area contributed by atoms with Crippen LogP contribution >= 0.6 is 27.3 Å². The van der Waals surface area contributed by atoms with Gasteiger partial charge in [0, 0.05) is 16.0 Å². The van der Waals surface area contributed by atoms with Gasteiger partial charge in [-0.15, -0.1) is 11.3 Å². The first kappa shape index (κ1) is 13.1. The molecule has 1 aromatic heterocycles. The van der Waals surface area contributed by atoms with Gasteiger partial charge in [-0.25, -0.2) is 4.98 Å². The average molecular weight is 337 g/mol. The molecule has 0 spiro atoms. The maximum Gasteiger partial charge on any atom is 0.114 e. The van der Waals surface area contributed by atoms with E-state index in [0.717, 1.165) is 20.7 Å². The highest BCUT2D eigenvalue weighted by atomic mass is 79.9. The van der Waals surface area contributed by atoms with Gasteiger partial charge in [-0.1, -0.05) is 47.3 Å². The molecule has 0 unspecified atom stereocenters. The third-order valence-corrected chi connectivity index (χ3v) is 5.32. The van der Waals surface area contributed by atoms with Crippen LogP contribution in [0.4, 0.5) is 5.00 Å². The first-order valence-corrected chi connectivity index (χ1v) is 8.37. The molecule has 1 aliphatic carbocycles. The van der Waals surface area contributed by atoms with E-state index >= 15 is 0 Å². The van der Waals surface area contributed by atoms with Crippen molar-refractivity contribution in [2.45, 2.75) is 38.0 Å². The molecule has 1 aliphatic rings. The molecular formula is C15H17BrN2S. The molecule has 2 aromatic rings. The van der Waals surface area contributed by atoms with E-state index in [1.807, 2.05) is 12.1 Å². The topological polar surface area (TPSA) is 38.9 Å². The minimum Gasteiger partial charge on any atom is -0.389 e. The normalized spacial score (nSPS) is 16.7. The van der Waals surface area contributed by atoms with Crippen molar-refractivity contribution in [3.63, 3.8) is 0 Å². The summed E-state index contributed by atoms with van der Waals surface area (Å²) in [6.07, 6.45) is 6.58. The Hall–Kier alpha value is -0.870. The van der Waals surface area contributed by atoms with Crippen LogP contribution in [0.1, 0.15) is 43.0 Å². The molecule has 0 radical (unpaired) electrons. The van der Waals surface area contributed by atoms with Gasteiger partial charge >= 0.3 is 0 Å². The zero-order valence-electron chi connectivity index (χ0n) is 10.7. The van der Waals surface area contributed by atoms with E-state index in [1.54, 1.807) is 11.3 Å². The van der Waals surface area contributed by atoms with Crippen molar-refractivity contribution in [3.8, 4) is 11.3 Å². The largest absolute Gasteiger partial charge is 0.389 e. The third-order valence-electron chi connectivity index (χ3n) is 3.74. The van der Waals surface area contributed by atoms with Crippen molar-refractivity contribution in [2.24, 2.45) is 0 Å². The van der Waals surface area contributed by atoms with E-state index in [0.29, 0.717) is 5.92 Å². The minimum absolute atomic E-state index is 0.630. The van der Waals surface area contributed by atoms with Crippen molar-refractivity contribution in [1.82, 2.24) is 4.98 Å². The van der Waals surface area contributed by atoms with Gasteiger partial charge in [-0.3, -0.25) is 0 Å². The number of hydrogen-bond donors (Lipinski definition) is 1. The number of anilines is 1. The average Bonchev–Trinajstić information content (AvgIpc) is 2.83. The van der Waals surface area contributed by atoms with Gasteiger partial charge in [0.2, 0.25) is 0 Å². The summed E-state index contributed by atoms with van der Waals surface area (Å²) in [4.78, 5) is 4.81. The van der Waals surface area contributed by atoms with Crippen LogP contribution in [0.15, 0.2) is 28.7 Å². The lowest BCUT2D eigenvalue weighted by Gasteiger charge is -2.18. The first-order valence-electron chi connectivity index (χ1n) is 6.76. The smallest absolute Gasteiger partial charge is 0.114 e. The predicted molar refractivity (Wildman–Crippen MR) is 85.5 cm³/mol. The molecular weight excluding hydrogens is 320 g/mol. The highest BCUT2D eigenvalue weighted by Gasteiger charge is 2.21. The lowest BCUT2D eigenvalue weighted by atomic mass is 9.90. The summed E-state index contributed by atoms with van der Waals surface area (Å²) in [6, 6.07) is 8.21. The molecule has 0 bridgehead atoms. The minimum atomic E-state index is 0.630. The molecule has 1 aromatic carbocycles. The Morgan fingerprint density at radius 1 is 1.11 bits per heavy atom. The number of hydrogen-bond acceptors (Lipinski definition) is 3. The van der Waals surface area contributed by atoms with Gasteiger partial charge in [-0.05, 0) is 25.0 Å². The second-order valence-electron chi connectivity index (χ2n) is 5.11. The summed E-state index contributed by atoms with van der Waals surface area (Å²) >= 11 is 5.13. The van der Waals surface area contributed by atoms with E-state index < -0.39 is 0 Å². The molecule has 0 atom stereocenters. The van der Waals surface area contributed by atoms with Gasteiger partial charge in [-0.2, -0.15) is 0 Å². The number of halogens is 1. The molecule has 0 aliphatic heterocycles. The molecule has 0 amide bonds. The first-order chi connectivity index (χ1) is 9.24.